The van der Waals surface area contributed by atoms with E-state index in [0.29, 0.717) is 22.4 Å². The van der Waals surface area contributed by atoms with E-state index in [4.69, 9.17) is 0 Å². The highest BCUT2D eigenvalue weighted by Crippen LogP contribution is 2.22. The maximum Gasteiger partial charge on any atom is 0.270 e. The Kier molecular flexibility index (Phi) is 3.63. The summed E-state index contributed by atoms with van der Waals surface area (Å²) in [5, 5.41) is 0.485. The Labute approximate surface area is 145 Å². The van der Waals surface area contributed by atoms with Crippen molar-refractivity contribution in [1.29, 1.82) is 0 Å². The number of nitrogens with zero attached hydrogens (tertiary/aromatic N) is 4. The number of fused-ring (bicyclic) bond motifs is 2. The first-order chi connectivity index (χ1) is 12.0. The Bertz CT molecular complexity index is 1050. The number of aryl methyl sites for hydroxylation is 2. The standard InChI is InChI=1S/C19H22N4O2/c1-12-7-6-10-23-16(12)20-17-14(18(23)24)11-15(21(17)3)19(25)22-9-5-4-8-13(22)2/h6-7,10-11,13H,4-5,8-9H2,1-3H3/t13-/m0/s1. The first kappa shape index (κ1) is 15.9. The number of carbonyl (C=O) groups is 1. The van der Waals surface area contributed by atoms with Crippen molar-refractivity contribution in [3.05, 3.63) is 46.0 Å². The molecule has 1 atom stereocenters. The summed E-state index contributed by atoms with van der Waals surface area (Å²) < 4.78 is 3.31. The van der Waals surface area contributed by atoms with Crippen molar-refractivity contribution in [3.63, 3.8) is 0 Å². The average Bonchev–Trinajstić information content (AvgIpc) is 2.93. The topological polar surface area (TPSA) is 59.6 Å². The number of rotatable bonds is 1. The van der Waals surface area contributed by atoms with E-state index in [0.717, 1.165) is 31.4 Å². The molecular formula is C19H22N4O2. The quantitative estimate of drug-likeness (QED) is 0.685. The van der Waals surface area contributed by atoms with E-state index in [1.165, 1.54) is 0 Å². The molecule has 0 N–H and O–H groups in total. The molecule has 1 aliphatic rings. The number of hydrogen-bond acceptors (Lipinski definition) is 3. The molecule has 0 aromatic carbocycles. The maximum atomic E-state index is 13.0. The monoisotopic (exact) mass is 338 g/mol. The van der Waals surface area contributed by atoms with Gasteiger partial charge in [0.2, 0.25) is 0 Å². The van der Waals surface area contributed by atoms with Gasteiger partial charge in [0.1, 0.15) is 17.0 Å². The highest BCUT2D eigenvalue weighted by atomic mass is 16.2. The van der Waals surface area contributed by atoms with Gasteiger partial charge in [-0.2, -0.15) is 0 Å². The molecule has 0 radical (unpaired) electrons. The molecule has 0 aliphatic carbocycles. The molecule has 3 aromatic rings. The summed E-state index contributed by atoms with van der Waals surface area (Å²) in [6.45, 7) is 4.79. The first-order valence-corrected chi connectivity index (χ1v) is 8.77. The van der Waals surface area contributed by atoms with E-state index in [9.17, 15) is 9.59 Å². The normalized spacial score (nSPS) is 18.2. The number of piperidine rings is 1. The van der Waals surface area contributed by atoms with E-state index in [-0.39, 0.29) is 17.5 Å². The van der Waals surface area contributed by atoms with Crippen LogP contribution in [0.25, 0.3) is 16.7 Å². The molecule has 1 fully saturated rings. The first-order valence-electron chi connectivity index (χ1n) is 8.77. The number of likely N-dealkylation sites (tertiary alicyclic amines) is 1. The van der Waals surface area contributed by atoms with Crippen LogP contribution in [0, 0.1) is 6.92 Å². The van der Waals surface area contributed by atoms with Gasteiger partial charge in [0.05, 0.1) is 5.39 Å². The van der Waals surface area contributed by atoms with Crippen molar-refractivity contribution in [2.24, 2.45) is 7.05 Å². The second kappa shape index (κ2) is 5.72. The minimum absolute atomic E-state index is 0.0159. The van der Waals surface area contributed by atoms with Crippen molar-refractivity contribution in [3.8, 4) is 0 Å². The zero-order valence-electron chi connectivity index (χ0n) is 14.8. The Morgan fingerprint density at radius 3 is 2.84 bits per heavy atom. The van der Waals surface area contributed by atoms with E-state index in [2.05, 4.69) is 11.9 Å². The van der Waals surface area contributed by atoms with Crippen molar-refractivity contribution in [2.45, 2.75) is 39.2 Å². The van der Waals surface area contributed by atoms with Crippen molar-refractivity contribution in [1.82, 2.24) is 18.9 Å². The van der Waals surface area contributed by atoms with Gasteiger partial charge in [0.25, 0.3) is 11.5 Å². The molecule has 0 bridgehead atoms. The highest BCUT2D eigenvalue weighted by Gasteiger charge is 2.27. The van der Waals surface area contributed by atoms with Gasteiger partial charge in [-0.25, -0.2) is 4.98 Å². The number of amides is 1. The van der Waals surface area contributed by atoms with E-state index >= 15 is 0 Å². The molecule has 4 rings (SSSR count). The molecule has 6 nitrogen and oxygen atoms in total. The van der Waals surface area contributed by atoms with Crippen LogP contribution in [0.4, 0.5) is 0 Å². The van der Waals surface area contributed by atoms with Gasteiger partial charge in [-0.3, -0.25) is 14.0 Å². The molecule has 0 unspecified atom stereocenters. The molecule has 4 heterocycles. The largest absolute Gasteiger partial charge is 0.335 e. The van der Waals surface area contributed by atoms with Crippen LogP contribution in [-0.2, 0) is 7.05 Å². The van der Waals surface area contributed by atoms with Gasteiger partial charge in [0, 0.05) is 25.8 Å². The summed E-state index contributed by atoms with van der Waals surface area (Å²) in [5.41, 5.74) is 2.52. The zero-order chi connectivity index (χ0) is 17.7. The minimum Gasteiger partial charge on any atom is -0.335 e. The maximum absolute atomic E-state index is 13.0. The number of aromatic nitrogens is 3. The molecule has 130 valence electrons. The second-order valence-corrected chi connectivity index (χ2v) is 6.97. The molecular weight excluding hydrogens is 316 g/mol. The van der Waals surface area contributed by atoms with Gasteiger partial charge < -0.3 is 9.47 Å². The lowest BCUT2D eigenvalue weighted by atomic mass is 10.0. The van der Waals surface area contributed by atoms with Gasteiger partial charge in [0.15, 0.2) is 0 Å². The lowest BCUT2D eigenvalue weighted by Gasteiger charge is -2.33. The predicted octanol–water partition coefficient (Wildman–Crippen LogP) is 2.51. The average molecular weight is 338 g/mol. The third kappa shape index (κ3) is 2.35. The Balaban J connectivity index is 1.92. The lowest BCUT2D eigenvalue weighted by molar-refractivity contribution is 0.0626. The summed E-state index contributed by atoms with van der Waals surface area (Å²) >= 11 is 0. The molecule has 1 aliphatic heterocycles. The van der Waals surface area contributed by atoms with Crippen molar-refractivity contribution >= 4 is 22.6 Å². The summed E-state index contributed by atoms with van der Waals surface area (Å²) in [4.78, 5) is 32.5. The van der Waals surface area contributed by atoms with E-state index in [1.54, 1.807) is 21.2 Å². The third-order valence-electron chi connectivity index (χ3n) is 5.31. The Morgan fingerprint density at radius 2 is 2.08 bits per heavy atom. The van der Waals surface area contributed by atoms with Crippen LogP contribution < -0.4 is 5.56 Å². The summed E-state index contributed by atoms with van der Waals surface area (Å²) in [7, 11) is 1.81. The number of pyridine rings is 1. The SMILES string of the molecule is Cc1cccn2c(=O)c3cc(C(=O)N4CCCC[C@@H]4C)n(C)c3nc12. The van der Waals surface area contributed by atoms with Crippen LogP contribution in [0.3, 0.4) is 0 Å². The van der Waals surface area contributed by atoms with Gasteiger partial charge in [-0.15, -0.1) is 0 Å². The molecule has 1 amide bonds. The Hall–Kier alpha value is -2.63. The van der Waals surface area contributed by atoms with Crippen LogP contribution in [0.15, 0.2) is 29.2 Å². The molecule has 1 saturated heterocycles. The highest BCUT2D eigenvalue weighted by molar-refractivity contribution is 5.98. The van der Waals surface area contributed by atoms with Crippen molar-refractivity contribution < 1.29 is 4.79 Å². The summed E-state index contributed by atoms with van der Waals surface area (Å²) in [5.74, 6) is -0.0159. The summed E-state index contributed by atoms with van der Waals surface area (Å²) in [6.07, 6.45) is 4.94. The lowest BCUT2D eigenvalue weighted by Crippen LogP contribution is -2.42. The minimum atomic E-state index is -0.134. The van der Waals surface area contributed by atoms with Crippen LogP contribution in [0.2, 0.25) is 0 Å². The van der Waals surface area contributed by atoms with Crippen LogP contribution in [0.1, 0.15) is 42.2 Å². The third-order valence-corrected chi connectivity index (χ3v) is 5.31. The van der Waals surface area contributed by atoms with Crippen LogP contribution in [-0.4, -0.2) is 37.3 Å². The van der Waals surface area contributed by atoms with Gasteiger partial charge >= 0.3 is 0 Å². The molecule has 0 spiro atoms. The number of hydrogen-bond donors (Lipinski definition) is 0. The van der Waals surface area contributed by atoms with Gasteiger partial charge in [-0.05, 0) is 50.8 Å². The molecule has 6 heteroatoms. The fourth-order valence-electron chi connectivity index (χ4n) is 3.78. The second-order valence-electron chi connectivity index (χ2n) is 6.97. The fraction of sp³-hybridized carbons (Fsp3) is 0.421. The number of carbonyl (C=O) groups excluding carboxylic acids is 1. The van der Waals surface area contributed by atoms with E-state index in [1.807, 2.05) is 31.0 Å². The van der Waals surface area contributed by atoms with Gasteiger partial charge in [-0.1, -0.05) is 6.07 Å². The summed E-state index contributed by atoms with van der Waals surface area (Å²) in [6, 6.07) is 5.69. The Morgan fingerprint density at radius 1 is 1.28 bits per heavy atom. The smallest absolute Gasteiger partial charge is 0.270 e. The molecule has 3 aromatic heterocycles. The van der Waals surface area contributed by atoms with E-state index < -0.39 is 0 Å². The van der Waals surface area contributed by atoms with Crippen molar-refractivity contribution in [2.75, 3.05) is 6.54 Å². The van der Waals surface area contributed by atoms with Crippen LogP contribution in [0.5, 0.6) is 0 Å². The fourth-order valence-corrected chi connectivity index (χ4v) is 3.78. The zero-order valence-corrected chi connectivity index (χ0v) is 14.8. The van der Waals surface area contributed by atoms with Crippen LogP contribution >= 0.6 is 0 Å². The molecule has 0 saturated carbocycles. The molecule has 25 heavy (non-hydrogen) atoms. The predicted molar refractivity (Wildman–Crippen MR) is 97.0 cm³/mol.